The lowest BCUT2D eigenvalue weighted by molar-refractivity contribution is -0.118. The van der Waals surface area contributed by atoms with Crippen LogP contribution in [0.2, 0.25) is 0 Å². The van der Waals surface area contributed by atoms with Gasteiger partial charge in [-0.15, -0.1) is 0 Å². The van der Waals surface area contributed by atoms with E-state index in [4.69, 9.17) is 4.74 Å². The fraction of sp³-hybridized carbons (Fsp3) is 0.280. The summed E-state index contributed by atoms with van der Waals surface area (Å²) in [7, 11) is 1.56. The number of rotatable bonds is 6. The van der Waals surface area contributed by atoms with E-state index in [-0.39, 0.29) is 23.7 Å². The van der Waals surface area contributed by atoms with Gasteiger partial charge in [-0.3, -0.25) is 14.5 Å². The van der Waals surface area contributed by atoms with Gasteiger partial charge < -0.3 is 14.8 Å². The number of carbonyl (C=O) groups excluding carboxylic acids is 2. The summed E-state index contributed by atoms with van der Waals surface area (Å²) < 4.78 is 5.34. The Balaban J connectivity index is 1.96. The summed E-state index contributed by atoms with van der Waals surface area (Å²) in [4.78, 5) is 31.4. The van der Waals surface area contributed by atoms with Crippen molar-refractivity contribution < 1.29 is 19.4 Å². The van der Waals surface area contributed by atoms with Crippen molar-refractivity contribution in [3.05, 3.63) is 71.1 Å². The summed E-state index contributed by atoms with van der Waals surface area (Å²) >= 11 is 0. The van der Waals surface area contributed by atoms with Crippen molar-refractivity contribution in [1.29, 1.82) is 0 Å². The Bertz CT molecular complexity index is 1210. The largest absolute Gasteiger partial charge is 0.503 e. The highest BCUT2D eigenvalue weighted by Crippen LogP contribution is 2.45. The van der Waals surface area contributed by atoms with Gasteiger partial charge in [0.15, 0.2) is 11.5 Å². The average Bonchev–Trinajstić information content (AvgIpc) is 3.20. The Morgan fingerprint density at radius 3 is 2.65 bits per heavy atom. The number of H-pyrrole nitrogens is 1. The molecule has 6 nitrogen and oxygen atoms in total. The number of para-hydroxylation sites is 1. The lowest BCUT2D eigenvalue weighted by Crippen LogP contribution is -2.31. The standard InChI is InChI=1S/C25H26N2O4/c1-14(2)12-20(28)22-23(21-15(3)26-19-11-6-5-10-18(19)21)27(25(30)24(22)29)16-8-7-9-17(13-16)31-4/h5-11,13-14,23,26,29H,12H2,1-4H3. The molecule has 0 saturated carbocycles. The van der Waals surface area contributed by atoms with Crippen LogP contribution in [0, 0.1) is 12.8 Å². The third-order valence-electron chi connectivity index (χ3n) is 5.65. The zero-order chi connectivity index (χ0) is 22.3. The number of fused-ring (bicyclic) bond motifs is 1. The predicted octanol–water partition coefficient (Wildman–Crippen LogP) is 5.00. The van der Waals surface area contributed by atoms with Crippen molar-refractivity contribution in [2.24, 2.45) is 5.92 Å². The number of hydrogen-bond donors (Lipinski definition) is 2. The van der Waals surface area contributed by atoms with Crippen LogP contribution in [-0.2, 0) is 9.59 Å². The second-order valence-corrected chi connectivity index (χ2v) is 8.27. The van der Waals surface area contributed by atoms with E-state index in [2.05, 4.69) is 4.98 Å². The SMILES string of the molecule is COc1cccc(N2C(=O)C(O)=C(C(=O)CC(C)C)C2c2c(C)[nH]c3ccccc23)c1. The Hall–Kier alpha value is -3.54. The molecule has 31 heavy (non-hydrogen) atoms. The first-order chi connectivity index (χ1) is 14.8. The van der Waals surface area contributed by atoms with Crippen LogP contribution in [0.5, 0.6) is 5.75 Å². The molecule has 2 N–H and O–H groups in total. The zero-order valence-electron chi connectivity index (χ0n) is 18.1. The number of nitrogens with one attached hydrogen (secondary N) is 1. The summed E-state index contributed by atoms with van der Waals surface area (Å²) in [5.41, 5.74) is 3.27. The lowest BCUT2D eigenvalue weighted by Gasteiger charge is -2.27. The Morgan fingerprint density at radius 2 is 1.94 bits per heavy atom. The number of Topliss-reactive ketones (excluding diaryl/α,β-unsaturated/α-hetero) is 1. The van der Waals surface area contributed by atoms with Crippen LogP contribution in [-0.4, -0.2) is 28.9 Å². The van der Waals surface area contributed by atoms with Crippen LogP contribution in [0.4, 0.5) is 5.69 Å². The van der Waals surface area contributed by atoms with Gasteiger partial charge in [0, 0.05) is 40.3 Å². The molecule has 2 heterocycles. The maximum absolute atomic E-state index is 13.3. The number of hydrogen-bond acceptors (Lipinski definition) is 4. The normalized spacial score (nSPS) is 16.6. The number of aromatic amines is 1. The number of carbonyl (C=O) groups is 2. The summed E-state index contributed by atoms with van der Waals surface area (Å²) in [5, 5.41) is 11.8. The van der Waals surface area contributed by atoms with Gasteiger partial charge in [-0.05, 0) is 31.0 Å². The highest BCUT2D eigenvalue weighted by Gasteiger charge is 2.45. The average molecular weight is 418 g/mol. The van der Waals surface area contributed by atoms with E-state index in [9.17, 15) is 14.7 Å². The summed E-state index contributed by atoms with van der Waals surface area (Å²) in [6.45, 7) is 5.81. The highest BCUT2D eigenvalue weighted by molar-refractivity contribution is 6.17. The van der Waals surface area contributed by atoms with E-state index in [0.29, 0.717) is 11.4 Å². The lowest BCUT2D eigenvalue weighted by atomic mass is 9.90. The van der Waals surface area contributed by atoms with E-state index in [0.717, 1.165) is 22.2 Å². The van der Waals surface area contributed by atoms with E-state index in [1.165, 1.54) is 4.90 Å². The number of ketones is 1. The minimum absolute atomic E-state index is 0.0958. The molecule has 0 radical (unpaired) electrons. The smallest absolute Gasteiger partial charge is 0.294 e. The number of benzene rings is 2. The van der Waals surface area contributed by atoms with Gasteiger partial charge in [-0.25, -0.2) is 0 Å². The summed E-state index contributed by atoms with van der Waals surface area (Å²) in [5.74, 6) is -0.612. The topological polar surface area (TPSA) is 82.6 Å². The second kappa shape index (κ2) is 7.95. The minimum atomic E-state index is -0.734. The van der Waals surface area contributed by atoms with E-state index >= 15 is 0 Å². The van der Waals surface area contributed by atoms with Crippen LogP contribution >= 0.6 is 0 Å². The number of aryl methyl sites for hydroxylation is 1. The molecule has 6 heteroatoms. The third kappa shape index (κ3) is 3.48. The molecule has 0 bridgehead atoms. The van der Waals surface area contributed by atoms with Crippen molar-refractivity contribution in [3.63, 3.8) is 0 Å². The van der Waals surface area contributed by atoms with E-state index in [1.54, 1.807) is 31.4 Å². The van der Waals surface area contributed by atoms with Gasteiger partial charge >= 0.3 is 0 Å². The highest BCUT2D eigenvalue weighted by atomic mass is 16.5. The van der Waals surface area contributed by atoms with Crippen LogP contribution in [0.15, 0.2) is 59.9 Å². The molecular weight excluding hydrogens is 392 g/mol. The summed E-state index contributed by atoms with van der Waals surface area (Å²) in [6.07, 6.45) is 0.247. The molecule has 0 aliphatic carbocycles. The molecule has 1 amide bonds. The molecule has 0 saturated heterocycles. The summed E-state index contributed by atoms with van der Waals surface area (Å²) in [6, 6.07) is 14.1. The number of aliphatic hydroxyl groups excluding tert-OH is 1. The maximum Gasteiger partial charge on any atom is 0.294 e. The minimum Gasteiger partial charge on any atom is -0.503 e. The van der Waals surface area contributed by atoms with Gasteiger partial charge in [-0.1, -0.05) is 38.1 Å². The number of ether oxygens (including phenoxy) is 1. The first kappa shape index (κ1) is 20.7. The molecule has 0 fully saturated rings. The molecule has 1 aromatic heterocycles. The Labute approximate surface area is 181 Å². The van der Waals surface area contributed by atoms with E-state index in [1.807, 2.05) is 45.0 Å². The van der Waals surface area contributed by atoms with Gasteiger partial charge in [-0.2, -0.15) is 0 Å². The van der Waals surface area contributed by atoms with Crippen molar-refractivity contribution >= 4 is 28.3 Å². The molecule has 2 aromatic carbocycles. The fourth-order valence-electron chi connectivity index (χ4n) is 4.32. The first-order valence-corrected chi connectivity index (χ1v) is 10.3. The van der Waals surface area contributed by atoms with Crippen molar-refractivity contribution in [1.82, 2.24) is 4.98 Å². The molecule has 160 valence electrons. The second-order valence-electron chi connectivity index (χ2n) is 8.27. The van der Waals surface area contributed by atoms with Crippen molar-refractivity contribution in [3.8, 4) is 5.75 Å². The zero-order valence-corrected chi connectivity index (χ0v) is 18.1. The number of aromatic nitrogens is 1. The fourth-order valence-corrected chi connectivity index (χ4v) is 4.32. The molecule has 0 spiro atoms. The van der Waals surface area contributed by atoms with Crippen molar-refractivity contribution in [2.75, 3.05) is 12.0 Å². The molecule has 1 aliphatic rings. The molecular formula is C25H26N2O4. The third-order valence-corrected chi connectivity index (χ3v) is 5.65. The van der Waals surface area contributed by atoms with Crippen LogP contribution in [0.1, 0.15) is 37.6 Å². The maximum atomic E-state index is 13.3. The Morgan fingerprint density at radius 1 is 1.19 bits per heavy atom. The molecule has 4 rings (SSSR count). The number of aliphatic hydroxyl groups is 1. The molecule has 1 aliphatic heterocycles. The van der Waals surface area contributed by atoms with Crippen LogP contribution in [0.3, 0.4) is 0 Å². The number of anilines is 1. The number of methoxy groups -OCH3 is 1. The molecule has 1 unspecified atom stereocenters. The first-order valence-electron chi connectivity index (χ1n) is 10.3. The van der Waals surface area contributed by atoms with Crippen LogP contribution in [0.25, 0.3) is 10.9 Å². The number of amides is 1. The van der Waals surface area contributed by atoms with E-state index < -0.39 is 17.7 Å². The van der Waals surface area contributed by atoms with Gasteiger partial charge in [0.05, 0.1) is 18.7 Å². The van der Waals surface area contributed by atoms with Crippen LogP contribution < -0.4 is 9.64 Å². The molecule has 1 atom stereocenters. The van der Waals surface area contributed by atoms with Gasteiger partial charge in [0.1, 0.15) is 5.75 Å². The quantitative estimate of drug-likeness (QED) is 0.590. The van der Waals surface area contributed by atoms with Crippen molar-refractivity contribution in [2.45, 2.75) is 33.2 Å². The number of nitrogens with zero attached hydrogens (tertiary/aromatic N) is 1. The Kier molecular flexibility index (Phi) is 5.31. The monoisotopic (exact) mass is 418 g/mol. The van der Waals surface area contributed by atoms with Gasteiger partial charge in [0.25, 0.3) is 5.91 Å². The molecule has 3 aromatic rings. The van der Waals surface area contributed by atoms with Gasteiger partial charge in [0.2, 0.25) is 0 Å². The predicted molar refractivity (Wildman–Crippen MR) is 120 cm³/mol.